The second-order valence-electron chi connectivity index (χ2n) is 13.5. The number of rotatable bonds is 32. The molecular formula is C43H70O9. The van der Waals surface area contributed by atoms with Gasteiger partial charge in [-0.05, 0) is 50.7 Å². The highest BCUT2D eigenvalue weighted by molar-refractivity contribution is 6.14. The average molecular weight is 731 g/mol. The molecule has 0 aliphatic carbocycles. The lowest BCUT2D eigenvalue weighted by atomic mass is 9.98. The highest BCUT2D eigenvalue weighted by Crippen LogP contribution is 2.51. The summed E-state index contributed by atoms with van der Waals surface area (Å²) in [5.41, 5.74) is 0.339. The number of hydrogen-bond acceptors (Lipinski definition) is 9. The van der Waals surface area contributed by atoms with Crippen molar-refractivity contribution in [2.75, 3.05) is 39.6 Å². The van der Waals surface area contributed by atoms with Crippen molar-refractivity contribution in [3.8, 4) is 46.0 Å². The van der Waals surface area contributed by atoms with Crippen LogP contribution in [0.25, 0.3) is 0 Å². The van der Waals surface area contributed by atoms with Crippen molar-refractivity contribution in [2.45, 2.75) is 157 Å². The molecule has 0 aromatic heterocycles. The maximum absolute atomic E-state index is 15.1. The number of aromatic hydroxyl groups is 2. The summed E-state index contributed by atoms with van der Waals surface area (Å²) in [5.74, 6) is 0.0244. The SMILES string of the molecule is CCCCCOc1cc(C(=O)c2cc(OCCCCC)c(O)c(OCCCCC)c2OCCCCC)c(OCCCCC)c(OCCCCC)c1O. The van der Waals surface area contributed by atoms with Crippen molar-refractivity contribution in [2.24, 2.45) is 0 Å². The highest BCUT2D eigenvalue weighted by Gasteiger charge is 2.32. The van der Waals surface area contributed by atoms with Gasteiger partial charge in [0.1, 0.15) is 0 Å². The number of ketones is 1. The third-order valence-electron chi connectivity index (χ3n) is 8.83. The summed E-state index contributed by atoms with van der Waals surface area (Å²) in [6.45, 7) is 14.8. The van der Waals surface area contributed by atoms with Crippen LogP contribution in [0.2, 0.25) is 0 Å². The zero-order valence-electron chi connectivity index (χ0n) is 33.4. The minimum atomic E-state index is -0.440. The zero-order chi connectivity index (χ0) is 38.0. The second kappa shape index (κ2) is 27.2. The van der Waals surface area contributed by atoms with E-state index in [9.17, 15) is 10.2 Å². The Kier molecular flexibility index (Phi) is 23.3. The number of ether oxygens (including phenoxy) is 6. The minimum Gasteiger partial charge on any atom is -0.502 e. The molecule has 2 aromatic carbocycles. The van der Waals surface area contributed by atoms with Crippen LogP contribution in [-0.2, 0) is 0 Å². The largest absolute Gasteiger partial charge is 0.502 e. The maximum atomic E-state index is 15.1. The van der Waals surface area contributed by atoms with Crippen LogP contribution < -0.4 is 28.4 Å². The van der Waals surface area contributed by atoms with Crippen molar-refractivity contribution < 1.29 is 43.4 Å². The Labute approximate surface area is 314 Å². The molecule has 0 heterocycles. The molecule has 9 heteroatoms. The van der Waals surface area contributed by atoms with Gasteiger partial charge < -0.3 is 38.6 Å². The molecule has 0 spiro atoms. The summed E-state index contributed by atoms with van der Waals surface area (Å²) in [5, 5.41) is 23.1. The lowest BCUT2D eigenvalue weighted by molar-refractivity contribution is 0.102. The molecule has 0 saturated heterocycles. The van der Waals surface area contributed by atoms with E-state index in [2.05, 4.69) is 41.5 Å². The molecule has 0 bridgehead atoms. The summed E-state index contributed by atoms with van der Waals surface area (Å²) in [4.78, 5) is 15.1. The van der Waals surface area contributed by atoms with E-state index in [-0.39, 0.29) is 57.1 Å². The van der Waals surface area contributed by atoms with Crippen LogP contribution in [0.4, 0.5) is 0 Å². The van der Waals surface area contributed by atoms with E-state index in [4.69, 9.17) is 28.4 Å². The number of carbonyl (C=O) groups excluding carboxylic acids is 1. The molecular weight excluding hydrogens is 660 g/mol. The monoisotopic (exact) mass is 731 g/mol. The van der Waals surface area contributed by atoms with E-state index in [0.717, 1.165) is 116 Å². The Hall–Kier alpha value is -3.49. The van der Waals surface area contributed by atoms with Gasteiger partial charge in [0.25, 0.3) is 0 Å². The lowest BCUT2D eigenvalue weighted by Gasteiger charge is -2.22. The van der Waals surface area contributed by atoms with Crippen molar-refractivity contribution in [1.82, 2.24) is 0 Å². The Morgan fingerprint density at radius 2 is 0.654 bits per heavy atom. The fourth-order valence-corrected chi connectivity index (χ4v) is 5.64. The number of benzene rings is 2. The van der Waals surface area contributed by atoms with Crippen LogP contribution in [0.1, 0.15) is 173 Å². The molecule has 0 aliphatic rings. The minimum absolute atomic E-state index is 0.0974. The van der Waals surface area contributed by atoms with E-state index in [1.165, 1.54) is 0 Å². The van der Waals surface area contributed by atoms with E-state index in [1.54, 1.807) is 12.1 Å². The van der Waals surface area contributed by atoms with Crippen LogP contribution in [0.15, 0.2) is 12.1 Å². The highest BCUT2D eigenvalue weighted by atomic mass is 16.5. The van der Waals surface area contributed by atoms with Crippen molar-refractivity contribution >= 4 is 5.78 Å². The van der Waals surface area contributed by atoms with E-state index in [0.29, 0.717) is 39.6 Å². The van der Waals surface area contributed by atoms with Gasteiger partial charge in [-0.1, -0.05) is 119 Å². The molecule has 2 aromatic rings. The Bertz CT molecular complexity index is 1180. The number of hydrogen-bond donors (Lipinski definition) is 2. The fourth-order valence-electron chi connectivity index (χ4n) is 5.64. The molecule has 9 nitrogen and oxygen atoms in total. The Balaban J connectivity index is 2.85. The molecule has 0 radical (unpaired) electrons. The van der Waals surface area contributed by atoms with Gasteiger partial charge >= 0.3 is 0 Å². The van der Waals surface area contributed by atoms with Crippen LogP contribution in [-0.4, -0.2) is 55.6 Å². The number of unbranched alkanes of at least 4 members (excludes halogenated alkanes) is 12. The molecule has 2 rings (SSSR count). The standard InChI is InChI=1S/C43H70O9/c1-7-13-19-25-47-35-31-33(40(49-27-21-15-9-3)42(38(35)45)51-29-23-17-11-5)37(44)34-32-36(48-26-20-14-8-2)39(46)43(52-30-24-18-12-6)41(34)50-28-22-16-10-4/h31-32,45-46H,7-30H2,1-6H3. The van der Waals surface area contributed by atoms with Crippen LogP contribution >= 0.6 is 0 Å². The first-order chi connectivity index (χ1) is 25.4. The third-order valence-corrected chi connectivity index (χ3v) is 8.83. The van der Waals surface area contributed by atoms with Crippen molar-refractivity contribution in [3.05, 3.63) is 23.3 Å². The average Bonchev–Trinajstić information content (AvgIpc) is 3.15. The summed E-state index contributed by atoms with van der Waals surface area (Å²) < 4.78 is 37.4. The summed E-state index contributed by atoms with van der Waals surface area (Å²) in [7, 11) is 0. The van der Waals surface area contributed by atoms with Gasteiger partial charge in [-0.3, -0.25) is 4.79 Å². The van der Waals surface area contributed by atoms with Gasteiger partial charge in [-0.15, -0.1) is 0 Å². The summed E-state index contributed by atoms with van der Waals surface area (Å²) >= 11 is 0. The molecule has 52 heavy (non-hydrogen) atoms. The predicted molar refractivity (Wildman–Crippen MR) is 210 cm³/mol. The van der Waals surface area contributed by atoms with Crippen molar-refractivity contribution in [1.29, 1.82) is 0 Å². The topological polar surface area (TPSA) is 113 Å². The molecule has 0 fully saturated rings. The number of phenols is 2. The fraction of sp³-hybridized carbons (Fsp3) is 0.698. The zero-order valence-corrected chi connectivity index (χ0v) is 33.4. The normalized spacial score (nSPS) is 11.0. The van der Waals surface area contributed by atoms with E-state index < -0.39 is 5.78 Å². The van der Waals surface area contributed by atoms with Crippen LogP contribution in [0.5, 0.6) is 46.0 Å². The second-order valence-corrected chi connectivity index (χ2v) is 13.5. The van der Waals surface area contributed by atoms with E-state index in [1.807, 2.05) is 0 Å². The first-order valence-electron chi connectivity index (χ1n) is 20.5. The van der Waals surface area contributed by atoms with Gasteiger partial charge in [-0.25, -0.2) is 0 Å². The Morgan fingerprint density at radius 3 is 0.923 bits per heavy atom. The molecule has 0 saturated carbocycles. The molecule has 0 amide bonds. The first-order valence-corrected chi connectivity index (χ1v) is 20.5. The van der Waals surface area contributed by atoms with Gasteiger partial charge in [0.2, 0.25) is 28.8 Å². The molecule has 296 valence electrons. The quantitative estimate of drug-likeness (QED) is 0.0561. The predicted octanol–water partition coefficient (Wildman–Crippen LogP) is 11.7. The third kappa shape index (κ3) is 14.9. The lowest BCUT2D eigenvalue weighted by Crippen LogP contribution is -2.14. The summed E-state index contributed by atoms with van der Waals surface area (Å²) in [6.07, 6.45) is 16.5. The molecule has 0 atom stereocenters. The number of phenolic OH excluding ortho intramolecular Hbond substituents is 2. The van der Waals surface area contributed by atoms with Gasteiger partial charge in [0.15, 0.2) is 23.0 Å². The Morgan fingerprint density at radius 1 is 0.404 bits per heavy atom. The smallest absolute Gasteiger partial charge is 0.208 e. The van der Waals surface area contributed by atoms with Gasteiger partial charge in [0, 0.05) is 0 Å². The number of carbonyl (C=O) groups is 1. The van der Waals surface area contributed by atoms with Crippen LogP contribution in [0, 0.1) is 0 Å². The molecule has 2 N–H and O–H groups in total. The van der Waals surface area contributed by atoms with Gasteiger partial charge in [0.05, 0.1) is 50.8 Å². The van der Waals surface area contributed by atoms with Crippen LogP contribution in [0.3, 0.4) is 0 Å². The first kappa shape index (κ1) is 44.7. The van der Waals surface area contributed by atoms with Gasteiger partial charge in [-0.2, -0.15) is 0 Å². The molecule has 0 aliphatic heterocycles. The van der Waals surface area contributed by atoms with Crippen molar-refractivity contribution in [3.63, 3.8) is 0 Å². The maximum Gasteiger partial charge on any atom is 0.208 e. The summed E-state index contributed by atoms with van der Waals surface area (Å²) in [6, 6.07) is 3.10. The van der Waals surface area contributed by atoms with E-state index >= 15 is 4.79 Å². The molecule has 0 unspecified atom stereocenters.